The molecule has 7 heteroatoms. The van der Waals surface area contributed by atoms with E-state index in [9.17, 15) is 4.79 Å². The first-order valence-corrected chi connectivity index (χ1v) is 5.86. The van der Waals surface area contributed by atoms with Gasteiger partial charge in [-0.15, -0.1) is 5.10 Å². The van der Waals surface area contributed by atoms with E-state index in [1.807, 2.05) is 0 Å². The lowest BCUT2D eigenvalue weighted by atomic mass is 10.3. The molecule has 7 nitrogen and oxygen atoms in total. The van der Waals surface area contributed by atoms with E-state index in [-0.39, 0.29) is 11.7 Å². The average molecular weight is 238 g/mol. The number of aryl methyl sites for hydroxylation is 1. The lowest BCUT2D eigenvalue weighted by Gasteiger charge is -2.26. The topological polar surface area (TPSA) is 85.9 Å². The fourth-order valence-corrected chi connectivity index (χ4v) is 1.79. The van der Waals surface area contributed by atoms with Crippen LogP contribution in [0.25, 0.3) is 0 Å². The zero-order chi connectivity index (χ0) is 12.1. The van der Waals surface area contributed by atoms with Gasteiger partial charge in [0.1, 0.15) is 5.82 Å². The van der Waals surface area contributed by atoms with Crippen LogP contribution in [-0.4, -0.2) is 65.3 Å². The second-order valence-electron chi connectivity index (χ2n) is 4.09. The van der Waals surface area contributed by atoms with E-state index in [1.54, 1.807) is 6.92 Å². The van der Waals surface area contributed by atoms with Gasteiger partial charge in [-0.1, -0.05) is 0 Å². The summed E-state index contributed by atoms with van der Waals surface area (Å²) in [6, 6.07) is 0. The van der Waals surface area contributed by atoms with E-state index in [2.05, 4.69) is 30.7 Å². The molecule has 17 heavy (non-hydrogen) atoms. The molecule has 94 valence electrons. The van der Waals surface area contributed by atoms with E-state index in [4.69, 9.17) is 0 Å². The molecule has 1 aromatic rings. The number of hydrogen-bond donors (Lipinski definition) is 3. The molecule has 0 atom stereocenters. The van der Waals surface area contributed by atoms with Gasteiger partial charge in [0, 0.05) is 39.3 Å². The van der Waals surface area contributed by atoms with Crippen molar-refractivity contribution in [3.63, 3.8) is 0 Å². The molecule has 3 N–H and O–H groups in total. The summed E-state index contributed by atoms with van der Waals surface area (Å²) < 4.78 is 0. The maximum absolute atomic E-state index is 11.6. The lowest BCUT2D eigenvalue weighted by Crippen LogP contribution is -2.46. The van der Waals surface area contributed by atoms with E-state index < -0.39 is 0 Å². The van der Waals surface area contributed by atoms with Gasteiger partial charge in [-0.2, -0.15) is 0 Å². The standard InChI is InChI=1S/C10H18N6O/c1-8-13-9(15-14-8)10(17)12-4-7-16-5-2-11-3-6-16/h11H,2-7H2,1H3,(H,12,17)(H,13,14,15). The highest BCUT2D eigenvalue weighted by molar-refractivity contribution is 5.90. The Bertz CT molecular complexity index is 371. The van der Waals surface area contributed by atoms with Crippen LogP contribution in [0.2, 0.25) is 0 Å². The number of nitrogens with zero attached hydrogens (tertiary/aromatic N) is 3. The monoisotopic (exact) mass is 238 g/mol. The Morgan fingerprint density at radius 3 is 2.88 bits per heavy atom. The van der Waals surface area contributed by atoms with E-state index in [0.29, 0.717) is 12.4 Å². The molecule has 0 unspecified atom stereocenters. The molecule has 1 aliphatic heterocycles. The van der Waals surface area contributed by atoms with Crippen molar-refractivity contribution in [2.45, 2.75) is 6.92 Å². The third kappa shape index (κ3) is 3.50. The van der Waals surface area contributed by atoms with Crippen molar-refractivity contribution in [3.05, 3.63) is 11.6 Å². The number of amides is 1. The Morgan fingerprint density at radius 2 is 2.24 bits per heavy atom. The summed E-state index contributed by atoms with van der Waals surface area (Å²) >= 11 is 0. The molecule has 0 aliphatic carbocycles. The summed E-state index contributed by atoms with van der Waals surface area (Å²) in [5.41, 5.74) is 0. The molecular formula is C10H18N6O. The summed E-state index contributed by atoms with van der Waals surface area (Å²) in [7, 11) is 0. The van der Waals surface area contributed by atoms with Crippen molar-refractivity contribution in [2.75, 3.05) is 39.3 Å². The summed E-state index contributed by atoms with van der Waals surface area (Å²) in [6.45, 7) is 7.39. The number of aromatic nitrogens is 3. The van der Waals surface area contributed by atoms with Crippen LogP contribution in [0.3, 0.4) is 0 Å². The molecule has 1 amide bonds. The number of carbonyl (C=O) groups excluding carboxylic acids is 1. The minimum atomic E-state index is -0.218. The second-order valence-corrected chi connectivity index (χ2v) is 4.09. The van der Waals surface area contributed by atoms with E-state index in [1.165, 1.54) is 0 Å². The van der Waals surface area contributed by atoms with Gasteiger partial charge < -0.3 is 10.6 Å². The summed E-state index contributed by atoms with van der Waals surface area (Å²) in [4.78, 5) is 17.9. The predicted octanol–water partition coefficient (Wildman–Crippen LogP) is -1.25. The van der Waals surface area contributed by atoms with Crippen LogP contribution < -0.4 is 10.6 Å². The number of nitrogens with one attached hydrogen (secondary N) is 3. The van der Waals surface area contributed by atoms with Crippen molar-refractivity contribution >= 4 is 5.91 Å². The Balaban J connectivity index is 1.69. The van der Waals surface area contributed by atoms with Gasteiger partial charge in [0.2, 0.25) is 5.82 Å². The largest absolute Gasteiger partial charge is 0.348 e. The average Bonchev–Trinajstić information content (AvgIpc) is 2.77. The van der Waals surface area contributed by atoms with E-state index >= 15 is 0 Å². The van der Waals surface area contributed by atoms with Crippen LogP contribution >= 0.6 is 0 Å². The first-order chi connectivity index (χ1) is 8.25. The molecule has 1 aromatic heterocycles. The van der Waals surface area contributed by atoms with Crippen LogP contribution in [-0.2, 0) is 0 Å². The number of H-pyrrole nitrogens is 1. The second kappa shape index (κ2) is 5.74. The van der Waals surface area contributed by atoms with E-state index in [0.717, 1.165) is 32.7 Å². The Labute approximate surface area is 100.0 Å². The normalized spacial score (nSPS) is 17.0. The predicted molar refractivity (Wildman–Crippen MR) is 62.8 cm³/mol. The van der Waals surface area contributed by atoms with Crippen LogP contribution in [0, 0.1) is 6.92 Å². The van der Waals surface area contributed by atoms with Crippen LogP contribution in [0.4, 0.5) is 0 Å². The van der Waals surface area contributed by atoms with Crippen molar-refractivity contribution in [1.29, 1.82) is 0 Å². The molecule has 1 fully saturated rings. The number of rotatable bonds is 4. The number of piperazine rings is 1. The fourth-order valence-electron chi connectivity index (χ4n) is 1.79. The highest BCUT2D eigenvalue weighted by atomic mass is 16.2. The first-order valence-electron chi connectivity index (χ1n) is 5.86. The molecule has 0 aromatic carbocycles. The van der Waals surface area contributed by atoms with Gasteiger partial charge in [0.05, 0.1) is 0 Å². The van der Waals surface area contributed by atoms with Gasteiger partial charge in [-0.3, -0.25) is 14.8 Å². The zero-order valence-electron chi connectivity index (χ0n) is 9.99. The number of hydrogen-bond acceptors (Lipinski definition) is 5. The molecular weight excluding hydrogens is 220 g/mol. The summed E-state index contributed by atoms with van der Waals surface area (Å²) in [5.74, 6) is 0.643. The molecule has 0 radical (unpaired) electrons. The lowest BCUT2D eigenvalue weighted by molar-refractivity contribution is 0.0937. The van der Waals surface area contributed by atoms with Crippen molar-refractivity contribution in [1.82, 2.24) is 30.7 Å². The van der Waals surface area contributed by atoms with Gasteiger partial charge >= 0.3 is 0 Å². The maximum Gasteiger partial charge on any atom is 0.291 e. The van der Waals surface area contributed by atoms with Gasteiger partial charge in [-0.05, 0) is 6.92 Å². The number of carbonyl (C=O) groups is 1. The van der Waals surface area contributed by atoms with Crippen LogP contribution in [0.1, 0.15) is 16.4 Å². The van der Waals surface area contributed by atoms with Crippen molar-refractivity contribution < 1.29 is 4.79 Å². The first kappa shape index (κ1) is 12.0. The quantitative estimate of drug-likeness (QED) is 0.610. The van der Waals surface area contributed by atoms with Crippen LogP contribution in [0.15, 0.2) is 0 Å². The van der Waals surface area contributed by atoms with Crippen molar-refractivity contribution in [3.8, 4) is 0 Å². The summed E-state index contributed by atoms with van der Waals surface area (Å²) in [5, 5.41) is 12.6. The third-order valence-electron chi connectivity index (χ3n) is 2.72. The smallest absolute Gasteiger partial charge is 0.291 e. The van der Waals surface area contributed by atoms with Gasteiger partial charge in [-0.25, -0.2) is 4.98 Å². The van der Waals surface area contributed by atoms with Gasteiger partial charge in [0.25, 0.3) is 5.91 Å². The molecule has 1 saturated heterocycles. The highest BCUT2D eigenvalue weighted by Gasteiger charge is 2.12. The third-order valence-corrected chi connectivity index (χ3v) is 2.72. The fraction of sp³-hybridized carbons (Fsp3) is 0.700. The van der Waals surface area contributed by atoms with Crippen LogP contribution in [0.5, 0.6) is 0 Å². The minimum Gasteiger partial charge on any atom is -0.348 e. The Morgan fingerprint density at radius 1 is 1.47 bits per heavy atom. The maximum atomic E-state index is 11.6. The minimum absolute atomic E-state index is 0.211. The summed E-state index contributed by atoms with van der Waals surface area (Å²) in [6.07, 6.45) is 0. The molecule has 0 bridgehead atoms. The molecule has 2 rings (SSSR count). The Hall–Kier alpha value is -1.47. The molecule has 0 saturated carbocycles. The molecule has 1 aliphatic rings. The Kier molecular flexibility index (Phi) is 4.05. The molecule has 2 heterocycles. The SMILES string of the molecule is Cc1nc(C(=O)NCCN2CCNCC2)n[nH]1. The zero-order valence-corrected chi connectivity index (χ0v) is 9.99. The van der Waals surface area contributed by atoms with Crippen molar-refractivity contribution in [2.24, 2.45) is 0 Å². The highest BCUT2D eigenvalue weighted by Crippen LogP contribution is 1.92. The van der Waals surface area contributed by atoms with Gasteiger partial charge in [0.15, 0.2) is 0 Å². The number of aromatic amines is 1. The molecule has 0 spiro atoms.